The molecule has 0 saturated carbocycles. The van der Waals surface area contributed by atoms with E-state index < -0.39 is 0 Å². The summed E-state index contributed by atoms with van der Waals surface area (Å²) in [7, 11) is 0. The minimum Gasteiger partial charge on any atom is -0.379 e. The van der Waals surface area contributed by atoms with Crippen molar-refractivity contribution in [1.82, 2.24) is 14.8 Å². The number of hydrogen-bond donors (Lipinski definition) is 0. The van der Waals surface area contributed by atoms with Gasteiger partial charge in [-0.1, -0.05) is 0 Å². The van der Waals surface area contributed by atoms with Crippen LogP contribution in [-0.2, 0) is 16.1 Å². The van der Waals surface area contributed by atoms with Crippen LogP contribution in [0.15, 0.2) is 5.38 Å². The minimum atomic E-state index is 0.0888. The predicted molar refractivity (Wildman–Crippen MR) is 86.9 cm³/mol. The van der Waals surface area contributed by atoms with Crippen LogP contribution in [0.25, 0.3) is 0 Å². The van der Waals surface area contributed by atoms with E-state index in [-0.39, 0.29) is 11.3 Å². The van der Waals surface area contributed by atoms with Gasteiger partial charge in [-0.3, -0.25) is 9.69 Å². The lowest BCUT2D eigenvalue weighted by molar-refractivity contribution is -0.130. The van der Waals surface area contributed by atoms with Gasteiger partial charge in [0.2, 0.25) is 5.91 Å². The SMILES string of the molecule is CC(=O)N1CCOC[C@]2(CCCN(Cc3csc(C)n3)C2)C1. The summed E-state index contributed by atoms with van der Waals surface area (Å²) in [5, 5.41) is 3.28. The summed E-state index contributed by atoms with van der Waals surface area (Å²) in [5.74, 6) is 0.164. The molecule has 1 atom stereocenters. The average molecular weight is 323 g/mol. The van der Waals surface area contributed by atoms with Crippen LogP contribution < -0.4 is 0 Å². The van der Waals surface area contributed by atoms with E-state index in [2.05, 4.69) is 22.2 Å². The van der Waals surface area contributed by atoms with Crippen molar-refractivity contribution in [2.45, 2.75) is 33.2 Å². The fourth-order valence-electron chi connectivity index (χ4n) is 3.66. The second-order valence-corrected chi connectivity index (χ2v) is 7.73. The van der Waals surface area contributed by atoms with Gasteiger partial charge in [0.25, 0.3) is 0 Å². The van der Waals surface area contributed by atoms with Gasteiger partial charge in [0.05, 0.1) is 23.9 Å². The van der Waals surface area contributed by atoms with Gasteiger partial charge in [-0.25, -0.2) is 4.98 Å². The summed E-state index contributed by atoms with van der Waals surface area (Å²) < 4.78 is 5.84. The predicted octanol–water partition coefficient (Wildman–Crippen LogP) is 1.91. The van der Waals surface area contributed by atoms with Gasteiger partial charge < -0.3 is 9.64 Å². The molecule has 0 aliphatic carbocycles. The zero-order valence-corrected chi connectivity index (χ0v) is 14.3. The van der Waals surface area contributed by atoms with Crippen molar-refractivity contribution in [3.8, 4) is 0 Å². The van der Waals surface area contributed by atoms with E-state index >= 15 is 0 Å². The lowest BCUT2D eigenvalue weighted by Gasteiger charge is -2.43. The molecule has 2 saturated heterocycles. The van der Waals surface area contributed by atoms with Crippen molar-refractivity contribution >= 4 is 17.2 Å². The number of nitrogens with zero attached hydrogens (tertiary/aromatic N) is 3. The molecule has 0 bridgehead atoms. The van der Waals surface area contributed by atoms with Gasteiger partial charge in [0.15, 0.2) is 0 Å². The van der Waals surface area contributed by atoms with Gasteiger partial charge in [-0.05, 0) is 26.3 Å². The Hall–Kier alpha value is -0.980. The van der Waals surface area contributed by atoms with Crippen LogP contribution in [0.2, 0.25) is 0 Å². The zero-order valence-electron chi connectivity index (χ0n) is 13.5. The maximum Gasteiger partial charge on any atom is 0.219 e. The van der Waals surface area contributed by atoms with E-state index in [9.17, 15) is 4.79 Å². The van der Waals surface area contributed by atoms with Crippen molar-refractivity contribution in [1.29, 1.82) is 0 Å². The van der Waals surface area contributed by atoms with Crippen molar-refractivity contribution in [3.63, 3.8) is 0 Å². The Morgan fingerprint density at radius 3 is 3.05 bits per heavy atom. The highest BCUT2D eigenvalue weighted by Gasteiger charge is 2.39. The lowest BCUT2D eigenvalue weighted by atomic mass is 9.80. The van der Waals surface area contributed by atoms with Crippen LogP contribution in [0.4, 0.5) is 0 Å². The Morgan fingerprint density at radius 2 is 2.32 bits per heavy atom. The standard InChI is InChI=1S/C16H25N3O2S/c1-13-17-15(9-22-13)8-18-5-3-4-16(10-18)11-19(14(2)20)6-7-21-12-16/h9H,3-8,10-12H2,1-2H3/t16-/m0/s1. The van der Waals surface area contributed by atoms with Crippen LogP contribution in [-0.4, -0.2) is 60.1 Å². The summed E-state index contributed by atoms with van der Waals surface area (Å²) in [4.78, 5) is 20.8. The van der Waals surface area contributed by atoms with Crippen molar-refractivity contribution in [2.24, 2.45) is 5.41 Å². The third-order valence-corrected chi connectivity index (χ3v) is 5.50. The van der Waals surface area contributed by atoms with E-state index in [0.717, 1.165) is 62.9 Å². The fourth-order valence-corrected chi connectivity index (χ4v) is 4.27. The Bertz CT molecular complexity index is 533. The van der Waals surface area contributed by atoms with Gasteiger partial charge in [0, 0.05) is 43.9 Å². The Morgan fingerprint density at radius 1 is 1.45 bits per heavy atom. The molecule has 0 aromatic carbocycles. The van der Waals surface area contributed by atoms with E-state index in [1.165, 1.54) is 0 Å². The molecule has 2 aliphatic heterocycles. The van der Waals surface area contributed by atoms with Gasteiger partial charge >= 0.3 is 0 Å². The molecule has 3 heterocycles. The number of aryl methyl sites for hydroxylation is 1. The number of rotatable bonds is 2. The van der Waals surface area contributed by atoms with Crippen molar-refractivity contribution < 1.29 is 9.53 Å². The summed E-state index contributed by atoms with van der Waals surface area (Å²) >= 11 is 1.71. The van der Waals surface area contributed by atoms with Crippen LogP contribution in [0.1, 0.15) is 30.5 Å². The second kappa shape index (κ2) is 6.64. The summed E-state index contributed by atoms with van der Waals surface area (Å²) in [6.07, 6.45) is 2.31. The highest BCUT2D eigenvalue weighted by atomic mass is 32.1. The smallest absolute Gasteiger partial charge is 0.219 e. The molecule has 22 heavy (non-hydrogen) atoms. The number of likely N-dealkylation sites (tertiary alicyclic amines) is 1. The van der Waals surface area contributed by atoms with Gasteiger partial charge in [0.1, 0.15) is 0 Å². The highest BCUT2D eigenvalue weighted by Crippen LogP contribution is 2.33. The van der Waals surface area contributed by atoms with Crippen LogP contribution in [0.5, 0.6) is 0 Å². The number of aromatic nitrogens is 1. The molecule has 2 aliphatic rings. The van der Waals surface area contributed by atoms with E-state index in [1.807, 2.05) is 4.90 Å². The lowest BCUT2D eigenvalue weighted by Crippen LogP contribution is -2.51. The Kier molecular flexibility index (Phi) is 4.80. The normalized spacial score (nSPS) is 27.1. The van der Waals surface area contributed by atoms with Crippen molar-refractivity contribution in [2.75, 3.05) is 39.4 Å². The van der Waals surface area contributed by atoms with Crippen LogP contribution >= 0.6 is 11.3 Å². The number of carbonyl (C=O) groups is 1. The van der Waals surface area contributed by atoms with E-state index in [4.69, 9.17) is 4.74 Å². The van der Waals surface area contributed by atoms with Crippen LogP contribution in [0, 0.1) is 12.3 Å². The largest absolute Gasteiger partial charge is 0.379 e. The third-order valence-electron chi connectivity index (χ3n) is 4.68. The molecule has 1 aromatic rings. The number of piperidine rings is 1. The number of hydrogen-bond acceptors (Lipinski definition) is 5. The molecule has 5 nitrogen and oxygen atoms in total. The molecule has 1 amide bonds. The molecule has 0 unspecified atom stereocenters. The second-order valence-electron chi connectivity index (χ2n) is 6.67. The molecule has 1 spiro atoms. The Balaban J connectivity index is 1.68. The topological polar surface area (TPSA) is 45.7 Å². The third kappa shape index (κ3) is 3.67. The first kappa shape index (κ1) is 15.9. The molecule has 0 radical (unpaired) electrons. The quantitative estimate of drug-likeness (QED) is 0.834. The van der Waals surface area contributed by atoms with E-state index in [1.54, 1.807) is 18.3 Å². The van der Waals surface area contributed by atoms with Crippen molar-refractivity contribution in [3.05, 3.63) is 16.1 Å². The maximum absolute atomic E-state index is 11.8. The molecule has 3 rings (SSSR count). The molecule has 2 fully saturated rings. The molecule has 0 N–H and O–H groups in total. The summed E-state index contributed by atoms with van der Waals surface area (Å²) in [6.45, 7) is 9.71. The molecule has 6 heteroatoms. The molecule has 122 valence electrons. The first-order chi connectivity index (χ1) is 10.6. The summed E-state index contributed by atoms with van der Waals surface area (Å²) in [6, 6.07) is 0. The maximum atomic E-state index is 11.8. The molecular weight excluding hydrogens is 298 g/mol. The Labute approximate surface area is 136 Å². The number of carbonyl (C=O) groups excluding carboxylic acids is 1. The van der Waals surface area contributed by atoms with Crippen LogP contribution in [0.3, 0.4) is 0 Å². The van der Waals surface area contributed by atoms with Gasteiger partial charge in [-0.2, -0.15) is 0 Å². The first-order valence-electron chi connectivity index (χ1n) is 8.03. The zero-order chi connectivity index (χ0) is 15.6. The monoisotopic (exact) mass is 323 g/mol. The number of amides is 1. The highest BCUT2D eigenvalue weighted by molar-refractivity contribution is 7.09. The first-order valence-corrected chi connectivity index (χ1v) is 8.91. The van der Waals surface area contributed by atoms with Gasteiger partial charge in [-0.15, -0.1) is 11.3 Å². The molecule has 1 aromatic heterocycles. The average Bonchev–Trinajstić information content (AvgIpc) is 2.76. The number of ether oxygens (including phenoxy) is 1. The number of thiazole rings is 1. The van der Waals surface area contributed by atoms with E-state index in [0.29, 0.717) is 6.61 Å². The molecular formula is C16H25N3O2S. The summed E-state index contributed by atoms with van der Waals surface area (Å²) in [5.41, 5.74) is 1.25. The fraction of sp³-hybridized carbons (Fsp3) is 0.750. The minimum absolute atomic E-state index is 0.0888.